The summed E-state index contributed by atoms with van der Waals surface area (Å²) in [5, 5.41) is 3.72. The number of nitrogens with one attached hydrogen (secondary N) is 1. The maximum Gasteiger partial charge on any atom is 0.0198 e. The van der Waals surface area contributed by atoms with Crippen LogP contribution in [-0.2, 0) is 0 Å². The molecule has 1 fully saturated rings. The molecule has 0 aliphatic carbocycles. The SMILES string of the molecule is CCCC1CC(NCC(C)C)CN(CCN)C1. The fourth-order valence-electron chi connectivity index (χ4n) is 2.84. The zero-order valence-electron chi connectivity index (χ0n) is 11.9. The molecule has 1 saturated heterocycles. The lowest BCUT2D eigenvalue weighted by Gasteiger charge is -2.38. The van der Waals surface area contributed by atoms with E-state index in [-0.39, 0.29) is 0 Å². The van der Waals surface area contributed by atoms with Crippen molar-refractivity contribution < 1.29 is 0 Å². The standard InChI is InChI=1S/C14H31N3/c1-4-5-13-8-14(16-9-12(2)3)11-17(10-13)7-6-15/h12-14,16H,4-11,15H2,1-3H3. The van der Waals surface area contributed by atoms with Crippen LogP contribution in [0.3, 0.4) is 0 Å². The van der Waals surface area contributed by atoms with Gasteiger partial charge in [0.15, 0.2) is 0 Å². The van der Waals surface area contributed by atoms with Gasteiger partial charge in [-0.25, -0.2) is 0 Å². The number of hydrogen-bond acceptors (Lipinski definition) is 3. The first kappa shape index (κ1) is 14.9. The van der Waals surface area contributed by atoms with Crippen molar-refractivity contribution in [3.63, 3.8) is 0 Å². The Morgan fingerprint density at radius 1 is 1.35 bits per heavy atom. The summed E-state index contributed by atoms with van der Waals surface area (Å²) >= 11 is 0. The lowest BCUT2D eigenvalue weighted by molar-refractivity contribution is 0.137. The molecule has 1 aliphatic rings. The van der Waals surface area contributed by atoms with Crippen molar-refractivity contribution in [2.75, 3.05) is 32.7 Å². The average molecular weight is 241 g/mol. The molecule has 0 aromatic carbocycles. The largest absolute Gasteiger partial charge is 0.329 e. The second-order valence-corrected chi connectivity index (χ2v) is 5.94. The van der Waals surface area contributed by atoms with Crippen LogP contribution in [0, 0.1) is 11.8 Å². The Balaban J connectivity index is 2.40. The van der Waals surface area contributed by atoms with Gasteiger partial charge in [0.2, 0.25) is 0 Å². The molecule has 0 radical (unpaired) electrons. The smallest absolute Gasteiger partial charge is 0.0198 e. The van der Waals surface area contributed by atoms with Gasteiger partial charge in [-0.1, -0.05) is 27.2 Å². The van der Waals surface area contributed by atoms with Crippen LogP contribution in [0.5, 0.6) is 0 Å². The van der Waals surface area contributed by atoms with E-state index in [0.29, 0.717) is 6.04 Å². The maximum atomic E-state index is 5.68. The zero-order valence-corrected chi connectivity index (χ0v) is 11.9. The molecule has 0 bridgehead atoms. The van der Waals surface area contributed by atoms with Crippen molar-refractivity contribution in [1.82, 2.24) is 10.2 Å². The summed E-state index contributed by atoms with van der Waals surface area (Å²) in [7, 11) is 0. The quantitative estimate of drug-likeness (QED) is 0.712. The normalized spacial score (nSPS) is 26.6. The third-order valence-electron chi connectivity index (χ3n) is 3.57. The van der Waals surface area contributed by atoms with Gasteiger partial charge >= 0.3 is 0 Å². The minimum absolute atomic E-state index is 0.675. The van der Waals surface area contributed by atoms with Gasteiger partial charge in [-0.15, -0.1) is 0 Å². The molecule has 0 aromatic heterocycles. The van der Waals surface area contributed by atoms with Gasteiger partial charge in [-0.3, -0.25) is 0 Å². The molecule has 1 rings (SSSR count). The van der Waals surface area contributed by atoms with E-state index < -0.39 is 0 Å². The highest BCUT2D eigenvalue weighted by Gasteiger charge is 2.25. The third kappa shape index (κ3) is 5.84. The number of nitrogens with zero attached hydrogens (tertiary/aromatic N) is 1. The molecule has 102 valence electrons. The Morgan fingerprint density at radius 3 is 2.71 bits per heavy atom. The zero-order chi connectivity index (χ0) is 12.7. The van der Waals surface area contributed by atoms with E-state index in [2.05, 4.69) is 31.0 Å². The van der Waals surface area contributed by atoms with Crippen molar-refractivity contribution in [1.29, 1.82) is 0 Å². The Kier molecular flexibility index (Phi) is 7.09. The number of piperidine rings is 1. The highest BCUT2D eigenvalue weighted by atomic mass is 15.2. The van der Waals surface area contributed by atoms with Gasteiger partial charge in [0, 0.05) is 32.2 Å². The second kappa shape index (κ2) is 8.06. The molecule has 1 aliphatic heterocycles. The van der Waals surface area contributed by atoms with E-state index in [1.54, 1.807) is 0 Å². The van der Waals surface area contributed by atoms with Crippen molar-refractivity contribution in [2.24, 2.45) is 17.6 Å². The maximum absolute atomic E-state index is 5.68. The van der Waals surface area contributed by atoms with Crippen LogP contribution >= 0.6 is 0 Å². The van der Waals surface area contributed by atoms with Crippen LogP contribution in [-0.4, -0.2) is 43.7 Å². The van der Waals surface area contributed by atoms with Gasteiger partial charge in [0.1, 0.15) is 0 Å². The van der Waals surface area contributed by atoms with E-state index in [1.807, 2.05) is 0 Å². The lowest BCUT2D eigenvalue weighted by Crippen LogP contribution is -2.51. The summed E-state index contributed by atoms with van der Waals surface area (Å²) in [5.41, 5.74) is 5.68. The minimum atomic E-state index is 0.675. The summed E-state index contributed by atoms with van der Waals surface area (Å²) < 4.78 is 0. The molecule has 1 heterocycles. The average Bonchev–Trinajstić information content (AvgIpc) is 2.27. The Hall–Kier alpha value is -0.120. The summed E-state index contributed by atoms with van der Waals surface area (Å²) in [5.74, 6) is 1.61. The highest BCUT2D eigenvalue weighted by molar-refractivity contribution is 4.83. The van der Waals surface area contributed by atoms with Crippen LogP contribution in [0.15, 0.2) is 0 Å². The van der Waals surface area contributed by atoms with Crippen LogP contribution in [0.4, 0.5) is 0 Å². The van der Waals surface area contributed by atoms with E-state index in [9.17, 15) is 0 Å². The summed E-state index contributed by atoms with van der Waals surface area (Å²) in [6.07, 6.45) is 4.01. The predicted molar refractivity (Wildman–Crippen MR) is 75.1 cm³/mol. The fourth-order valence-corrected chi connectivity index (χ4v) is 2.84. The van der Waals surface area contributed by atoms with E-state index >= 15 is 0 Å². The van der Waals surface area contributed by atoms with Crippen molar-refractivity contribution in [2.45, 2.75) is 46.1 Å². The summed E-state index contributed by atoms with van der Waals surface area (Å²) in [4.78, 5) is 2.54. The predicted octanol–water partition coefficient (Wildman–Crippen LogP) is 1.68. The number of likely N-dealkylation sites (tertiary alicyclic amines) is 1. The van der Waals surface area contributed by atoms with E-state index in [0.717, 1.165) is 31.5 Å². The second-order valence-electron chi connectivity index (χ2n) is 5.94. The number of hydrogen-bond donors (Lipinski definition) is 2. The van der Waals surface area contributed by atoms with Crippen LogP contribution in [0.2, 0.25) is 0 Å². The summed E-state index contributed by atoms with van der Waals surface area (Å²) in [6, 6.07) is 0.675. The Morgan fingerprint density at radius 2 is 2.12 bits per heavy atom. The fraction of sp³-hybridized carbons (Fsp3) is 1.00. The molecule has 2 atom stereocenters. The van der Waals surface area contributed by atoms with Gasteiger partial charge in [-0.2, -0.15) is 0 Å². The first-order chi connectivity index (χ1) is 8.15. The van der Waals surface area contributed by atoms with Gasteiger partial charge in [0.05, 0.1) is 0 Å². The minimum Gasteiger partial charge on any atom is -0.329 e. The van der Waals surface area contributed by atoms with Gasteiger partial charge in [0.25, 0.3) is 0 Å². The van der Waals surface area contributed by atoms with E-state index in [1.165, 1.54) is 32.4 Å². The topological polar surface area (TPSA) is 41.3 Å². The van der Waals surface area contributed by atoms with Crippen LogP contribution < -0.4 is 11.1 Å². The molecule has 17 heavy (non-hydrogen) atoms. The molecule has 3 heteroatoms. The van der Waals surface area contributed by atoms with Crippen molar-refractivity contribution in [3.8, 4) is 0 Å². The van der Waals surface area contributed by atoms with Gasteiger partial charge < -0.3 is 16.0 Å². The first-order valence-electron chi connectivity index (χ1n) is 7.31. The molecule has 3 N–H and O–H groups in total. The van der Waals surface area contributed by atoms with Crippen molar-refractivity contribution >= 4 is 0 Å². The van der Waals surface area contributed by atoms with Crippen LogP contribution in [0.25, 0.3) is 0 Å². The monoisotopic (exact) mass is 241 g/mol. The Bertz CT molecular complexity index is 180. The number of nitrogens with two attached hydrogens (primary N) is 1. The number of rotatable bonds is 7. The summed E-state index contributed by atoms with van der Waals surface area (Å²) in [6.45, 7) is 12.3. The van der Waals surface area contributed by atoms with Crippen LogP contribution in [0.1, 0.15) is 40.0 Å². The molecule has 0 saturated carbocycles. The van der Waals surface area contributed by atoms with Crippen molar-refractivity contribution in [3.05, 3.63) is 0 Å². The molecule has 0 aromatic rings. The molecule has 0 spiro atoms. The molecular formula is C14H31N3. The molecule has 2 unspecified atom stereocenters. The molecule has 3 nitrogen and oxygen atoms in total. The lowest BCUT2D eigenvalue weighted by atomic mass is 9.90. The van der Waals surface area contributed by atoms with E-state index in [4.69, 9.17) is 5.73 Å². The third-order valence-corrected chi connectivity index (χ3v) is 3.57. The molecular weight excluding hydrogens is 210 g/mol. The first-order valence-corrected chi connectivity index (χ1v) is 7.31. The molecule has 0 amide bonds. The van der Waals surface area contributed by atoms with Gasteiger partial charge in [-0.05, 0) is 31.2 Å². The Labute approximate surface area is 107 Å². The highest BCUT2D eigenvalue weighted by Crippen LogP contribution is 2.21.